The first-order valence-electron chi connectivity index (χ1n) is 7.30. The Bertz CT molecular complexity index is 594. The third kappa shape index (κ3) is 4.06. The first-order valence-corrected chi connectivity index (χ1v) is 8.56. The molecule has 0 saturated heterocycles. The maximum Gasteiger partial charge on any atom is 0.240 e. The highest BCUT2D eigenvalue weighted by molar-refractivity contribution is 7.13. The molecule has 2 rings (SSSR count). The number of thiazole rings is 1. The Hall–Kier alpha value is -1.43. The van der Waals surface area contributed by atoms with Crippen molar-refractivity contribution in [2.45, 2.75) is 32.2 Å². The molecule has 0 radical (unpaired) electrons. The molecule has 0 unspecified atom stereocenters. The van der Waals surface area contributed by atoms with E-state index in [1.807, 2.05) is 29.6 Å². The summed E-state index contributed by atoms with van der Waals surface area (Å²) in [5.74, 6) is -0.0878. The first kappa shape index (κ1) is 16.9. The van der Waals surface area contributed by atoms with E-state index in [1.54, 1.807) is 6.20 Å². The summed E-state index contributed by atoms with van der Waals surface area (Å²) in [6.07, 6.45) is 3.44. The van der Waals surface area contributed by atoms with Gasteiger partial charge in [0.05, 0.1) is 6.54 Å². The number of halogens is 1. The van der Waals surface area contributed by atoms with Crippen molar-refractivity contribution in [1.29, 1.82) is 0 Å². The summed E-state index contributed by atoms with van der Waals surface area (Å²) >= 11 is 7.37. The quantitative estimate of drug-likeness (QED) is 0.801. The average Bonchev–Trinajstić information content (AvgIpc) is 3.03. The summed E-state index contributed by atoms with van der Waals surface area (Å²) in [7, 11) is 0. The number of carbonyl (C=O) groups is 1. The van der Waals surface area contributed by atoms with E-state index in [-0.39, 0.29) is 18.0 Å². The summed E-state index contributed by atoms with van der Waals surface area (Å²) in [6.45, 7) is 4.47. The zero-order valence-electron chi connectivity index (χ0n) is 12.7. The lowest BCUT2D eigenvalue weighted by atomic mass is 9.84. The smallest absolute Gasteiger partial charge is 0.240 e. The summed E-state index contributed by atoms with van der Waals surface area (Å²) < 4.78 is 0. The molecule has 1 aromatic carbocycles. The minimum Gasteiger partial charge on any atom is -0.301 e. The highest BCUT2D eigenvalue weighted by atomic mass is 35.5. The van der Waals surface area contributed by atoms with E-state index < -0.39 is 0 Å². The molecule has 1 heterocycles. The van der Waals surface area contributed by atoms with Gasteiger partial charge in [-0.25, -0.2) is 4.98 Å². The van der Waals surface area contributed by atoms with Gasteiger partial charge < -0.3 is 5.32 Å². The molecule has 22 heavy (non-hydrogen) atoms. The Labute approximate surface area is 139 Å². The van der Waals surface area contributed by atoms with Gasteiger partial charge in [-0.05, 0) is 30.5 Å². The molecule has 118 valence electrons. The van der Waals surface area contributed by atoms with Crippen LogP contribution in [-0.4, -0.2) is 17.4 Å². The average molecular weight is 338 g/mol. The van der Waals surface area contributed by atoms with Crippen LogP contribution >= 0.6 is 22.9 Å². The van der Waals surface area contributed by atoms with Crippen LogP contribution in [-0.2, 0) is 10.3 Å². The van der Waals surface area contributed by atoms with Crippen molar-refractivity contribution in [1.82, 2.24) is 10.3 Å². The Morgan fingerprint density at radius 1 is 1.27 bits per heavy atom. The summed E-state index contributed by atoms with van der Waals surface area (Å²) in [5.41, 5.74) is 0.911. The van der Waals surface area contributed by atoms with Crippen LogP contribution in [0.4, 0.5) is 5.13 Å². The van der Waals surface area contributed by atoms with Gasteiger partial charge in [-0.15, -0.1) is 11.3 Å². The lowest BCUT2D eigenvalue weighted by Crippen LogP contribution is -2.45. The fraction of sp³-hybridized carbons (Fsp3) is 0.375. The number of hydrogen-bond acceptors (Lipinski definition) is 4. The SMILES string of the molecule is CCC(CC)(NCC(=O)Nc1nccs1)c1ccc(Cl)cc1. The normalized spacial score (nSPS) is 11.4. The third-order valence-corrected chi connectivity index (χ3v) is 4.81. The molecule has 1 amide bonds. The van der Waals surface area contributed by atoms with E-state index in [2.05, 4.69) is 29.5 Å². The number of aromatic nitrogens is 1. The number of anilines is 1. The number of carbonyl (C=O) groups excluding carboxylic acids is 1. The molecule has 1 aromatic heterocycles. The lowest BCUT2D eigenvalue weighted by molar-refractivity contribution is -0.115. The Morgan fingerprint density at radius 3 is 2.50 bits per heavy atom. The zero-order chi connectivity index (χ0) is 16.0. The van der Waals surface area contributed by atoms with Crippen molar-refractivity contribution in [3.63, 3.8) is 0 Å². The highest BCUT2D eigenvalue weighted by Gasteiger charge is 2.28. The Balaban J connectivity index is 2.04. The number of amides is 1. The number of nitrogens with one attached hydrogen (secondary N) is 2. The topological polar surface area (TPSA) is 54.0 Å². The van der Waals surface area contributed by atoms with Crippen LogP contribution in [0, 0.1) is 0 Å². The number of hydrogen-bond donors (Lipinski definition) is 2. The van der Waals surface area contributed by atoms with Gasteiger partial charge >= 0.3 is 0 Å². The van der Waals surface area contributed by atoms with Gasteiger partial charge in [-0.1, -0.05) is 37.6 Å². The maximum atomic E-state index is 12.0. The molecular formula is C16H20ClN3OS. The first-order chi connectivity index (χ1) is 10.6. The number of nitrogens with zero attached hydrogens (tertiary/aromatic N) is 1. The molecule has 2 N–H and O–H groups in total. The van der Waals surface area contributed by atoms with Crippen LogP contribution in [0.25, 0.3) is 0 Å². The van der Waals surface area contributed by atoms with Crippen molar-refractivity contribution < 1.29 is 4.79 Å². The van der Waals surface area contributed by atoms with Crippen molar-refractivity contribution in [2.75, 3.05) is 11.9 Å². The monoisotopic (exact) mass is 337 g/mol. The minimum atomic E-state index is -0.231. The molecule has 0 bridgehead atoms. The van der Waals surface area contributed by atoms with Crippen LogP contribution in [0.1, 0.15) is 32.3 Å². The van der Waals surface area contributed by atoms with Crippen molar-refractivity contribution in [2.24, 2.45) is 0 Å². The van der Waals surface area contributed by atoms with Crippen LogP contribution in [0.3, 0.4) is 0 Å². The van der Waals surface area contributed by atoms with E-state index in [0.29, 0.717) is 10.2 Å². The molecule has 4 nitrogen and oxygen atoms in total. The van der Waals surface area contributed by atoms with Gasteiger partial charge in [0.15, 0.2) is 5.13 Å². The maximum absolute atomic E-state index is 12.0. The molecule has 0 aliphatic carbocycles. The second kappa shape index (κ2) is 7.72. The summed E-state index contributed by atoms with van der Waals surface area (Å²) in [6, 6.07) is 7.80. The fourth-order valence-corrected chi connectivity index (χ4v) is 3.15. The summed E-state index contributed by atoms with van der Waals surface area (Å²) in [5, 5.41) is 9.36. The largest absolute Gasteiger partial charge is 0.301 e. The van der Waals surface area contributed by atoms with Crippen LogP contribution < -0.4 is 10.6 Å². The standard InChI is InChI=1S/C16H20ClN3OS/c1-3-16(4-2,12-5-7-13(17)8-6-12)19-11-14(21)20-15-18-9-10-22-15/h5-10,19H,3-4,11H2,1-2H3,(H,18,20,21). The van der Waals surface area contributed by atoms with E-state index in [1.165, 1.54) is 11.3 Å². The lowest BCUT2D eigenvalue weighted by Gasteiger charge is -2.33. The van der Waals surface area contributed by atoms with Crippen LogP contribution in [0.5, 0.6) is 0 Å². The van der Waals surface area contributed by atoms with Crippen molar-refractivity contribution in [3.05, 3.63) is 46.4 Å². The third-order valence-electron chi connectivity index (χ3n) is 3.87. The molecular weight excluding hydrogens is 318 g/mol. The van der Waals surface area contributed by atoms with E-state index >= 15 is 0 Å². The second-order valence-corrected chi connectivity index (χ2v) is 6.37. The second-order valence-electron chi connectivity index (χ2n) is 5.04. The predicted molar refractivity (Wildman–Crippen MR) is 92.5 cm³/mol. The predicted octanol–water partition coefficient (Wildman–Crippen LogP) is 4.04. The van der Waals surface area contributed by atoms with Gasteiger partial charge in [0.2, 0.25) is 5.91 Å². The molecule has 2 aromatic rings. The zero-order valence-corrected chi connectivity index (χ0v) is 14.3. The highest BCUT2D eigenvalue weighted by Crippen LogP contribution is 2.29. The van der Waals surface area contributed by atoms with E-state index in [9.17, 15) is 4.79 Å². The van der Waals surface area contributed by atoms with Gasteiger partial charge in [-0.2, -0.15) is 0 Å². The fourth-order valence-electron chi connectivity index (χ4n) is 2.48. The Kier molecular flexibility index (Phi) is 5.94. The molecule has 0 aliphatic heterocycles. The van der Waals surface area contributed by atoms with Gasteiger partial charge in [0.1, 0.15) is 0 Å². The van der Waals surface area contributed by atoms with Gasteiger partial charge in [0, 0.05) is 22.1 Å². The van der Waals surface area contributed by atoms with E-state index in [0.717, 1.165) is 18.4 Å². The number of benzene rings is 1. The van der Waals surface area contributed by atoms with Crippen molar-refractivity contribution in [3.8, 4) is 0 Å². The number of rotatable bonds is 7. The summed E-state index contributed by atoms with van der Waals surface area (Å²) in [4.78, 5) is 16.1. The molecule has 0 spiro atoms. The Morgan fingerprint density at radius 2 is 1.95 bits per heavy atom. The van der Waals surface area contributed by atoms with E-state index in [4.69, 9.17) is 11.6 Å². The molecule has 0 aliphatic rings. The van der Waals surface area contributed by atoms with Crippen molar-refractivity contribution >= 4 is 34.0 Å². The minimum absolute atomic E-state index is 0.0878. The molecule has 0 saturated carbocycles. The molecule has 6 heteroatoms. The van der Waals surface area contributed by atoms with Gasteiger partial charge in [-0.3, -0.25) is 10.1 Å². The van der Waals surface area contributed by atoms with Gasteiger partial charge in [0.25, 0.3) is 0 Å². The molecule has 0 atom stereocenters. The molecule has 0 fully saturated rings. The van der Waals surface area contributed by atoms with Crippen LogP contribution in [0.15, 0.2) is 35.8 Å². The van der Waals surface area contributed by atoms with Crippen LogP contribution in [0.2, 0.25) is 5.02 Å².